The molecule has 0 spiro atoms. The Morgan fingerprint density at radius 1 is 1.05 bits per heavy atom. The van der Waals surface area contributed by atoms with Crippen molar-refractivity contribution in [2.45, 2.75) is 40.7 Å². The van der Waals surface area contributed by atoms with Crippen molar-refractivity contribution in [1.82, 2.24) is 9.97 Å². The molecule has 0 bridgehead atoms. The largest absolute Gasteiger partial charge is 0.370 e. The van der Waals surface area contributed by atoms with Crippen molar-refractivity contribution in [3.63, 3.8) is 0 Å². The lowest BCUT2D eigenvalue weighted by Crippen LogP contribution is -2.07. The minimum absolute atomic E-state index is 0.784. The summed E-state index contributed by atoms with van der Waals surface area (Å²) in [7, 11) is 0. The summed E-state index contributed by atoms with van der Waals surface area (Å²) in [6.07, 6.45) is 1.08. The van der Waals surface area contributed by atoms with Gasteiger partial charge in [-0.1, -0.05) is 6.92 Å². The minimum atomic E-state index is 0.784. The van der Waals surface area contributed by atoms with Crippen molar-refractivity contribution in [2.24, 2.45) is 0 Å². The van der Waals surface area contributed by atoms with Crippen molar-refractivity contribution >= 4 is 23.0 Å². The first-order valence-electron chi connectivity index (χ1n) is 6.98. The van der Waals surface area contributed by atoms with Crippen molar-refractivity contribution in [2.75, 3.05) is 17.2 Å². The number of aromatic nitrogens is 2. The first kappa shape index (κ1) is 14.8. The Labute approximate surface area is 124 Å². The molecule has 0 atom stereocenters. The van der Waals surface area contributed by atoms with Gasteiger partial charge in [0.05, 0.1) is 6.54 Å². The van der Waals surface area contributed by atoms with Gasteiger partial charge in [0, 0.05) is 22.4 Å². The Hall–Kier alpha value is -1.62. The summed E-state index contributed by atoms with van der Waals surface area (Å²) < 4.78 is 0. The van der Waals surface area contributed by atoms with Crippen LogP contribution < -0.4 is 10.6 Å². The summed E-state index contributed by atoms with van der Waals surface area (Å²) in [6, 6.07) is 4.20. The van der Waals surface area contributed by atoms with Crippen molar-refractivity contribution in [3.05, 3.63) is 33.3 Å². The van der Waals surface area contributed by atoms with E-state index in [0.29, 0.717) is 0 Å². The predicted molar refractivity (Wildman–Crippen MR) is 86.7 cm³/mol. The van der Waals surface area contributed by atoms with Gasteiger partial charge >= 0.3 is 0 Å². The molecule has 0 saturated heterocycles. The van der Waals surface area contributed by atoms with E-state index in [9.17, 15) is 0 Å². The van der Waals surface area contributed by atoms with Crippen LogP contribution in [0.25, 0.3) is 0 Å². The molecule has 20 heavy (non-hydrogen) atoms. The monoisotopic (exact) mass is 290 g/mol. The number of anilines is 2. The SMILES string of the molecule is CCCNc1cc(NCc2cc(C)c(C)s2)nc(C)n1. The van der Waals surface area contributed by atoms with Crippen LogP contribution in [0.4, 0.5) is 11.6 Å². The summed E-state index contributed by atoms with van der Waals surface area (Å²) in [4.78, 5) is 11.5. The van der Waals surface area contributed by atoms with E-state index in [4.69, 9.17) is 0 Å². The third kappa shape index (κ3) is 3.93. The quantitative estimate of drug-likeness (QED) is 0.847. The van der Waals surface area contributed by atoms with Crippen LogP contribution in [0.15, 0.2) is 12.1 Å². The maximum atomic E-state index is 4.43. The van der Waals surface area contributed by atoms with Crippen LogP contribution in [0.1, 0.15) is 34.5 Å². The molecule has 0 aliphatic carbocycles. The van der Waals surface area contributed by atoms with Crippen LogP contribution in [0.2, 0.25) is 0 Å². The number of aryl methyl sites for hydroxylation is 3. The molecular formula is C15H22N4S. The maximum Gasteiger partial charge on any atom is 0.132 e. The van der Waals surface area contributed by atoms with Crippen LogP contribution in [0.3, 0.4) is 0 Å². The van der Waals surface area contributed by atoms with Crippen molar-refractivity contribution < 1.29 is 0 Å². The Balaban J connectivity index is 2.03. The van der Waals surface area contributed by atoms with E-state index in [-0.39, 0.29) is 0 Å². The molecule has 0 aromatic carbocycles. The van der Waals surface area contributed by atoms with Gasteiger partial charge in [-0.3, -0.25) is 0 Å². The molecule has 0 fully saturated rings. The predicted octanol–water partition coefficient (Wildman–Crippen LogP) is 3.90. The van der Waals surface area contributed by atoms with E-state index >= 15 is 0 Å². The fraction of sp³-hybridized carbons (Fsp3) is 0.467. The Bertz CT molecular complexity index is 558. The smallest absolute Gasteiger partial charge is 0.132 e. The Morgan fingerprint density at radius 3 is 2.35 bits per heavy atom. The van der Waals surface area contributed by atoms with Crippen LogP contribution in [-0.4, -0.2) is 16.5 Å². The highest BCUT2D eigenvalue weighted by molar-refractivity contribution is 7.12. The summed E-state index contributed by atoms with van der Waals surface area (Å²) in [6.45, 7) is 10.1. The highest BCUT2D eigenvalue weighted by atomic mass is 32.1. The standard InChI is InChI=1S/C15H22N4S/c1-5-6-16-14-8-15(19-12(4)18-14)17-9-13-7-10(2)11(3)20-13/h7-8H,5-6,9H2,1-4H3,(H2,16,17,18,19). The second kappa shape index (κ2) is 6.70. The topological polar surface area (TPSA) is 49.8 Å². The van der Waals surface area contributed by atoms with Gasteiger partial charge < -0.3 is 10.6 Å². The number of hydrogen-bond acceptors (Lipinski definition) is 5. The summed E-state index contributed by atoms with van der Waals surface area (Å²) in [5.41, 5.74) is 1.36. The van der Waals surface area contributed by atoms with E-state index < -0.39 is 0 Å². The zero-order chi connectivity index (χ0) is 14.5. The maximum absolute atomic E-state index is 4.43. The van der Waals surface area contributed by atoms with E-state index in [2.05, 4.69) is 47.4 Å². The highest BCUT2D eigenvalue weighted by Gasteiger charge is 2.04. The van der Waals surface area contributed by atoms with Gasteiger partial charge in [-0.05, 0) is 38.8 Å². The normalized spacial score (nSPS) is 10.6. The van der Waals surface area contributed by atoms with Crippen LogP contribution in [0.5, 0.6) is 0 Å². The van der Waals surface area contributed by atoms with Crippen molar-refractivity contribution in [3.8, 4) is 0 Å². The van der Waals surface area contributed by atoms with E-state index in [0.717, 1.165) is 37.0 Å². The molecule has 0 aliphatic heterocycles. The van der Waals surface area contributed by atoms with Crippen LogP contribution >= 0.6 is 11.3 Å². The van der Waals surface area contributed by atoms with E-state index in [1.807, 2.05) is 24.3 Å². The first-order valence-corrected chi connectivity index (χ1v) is 7.79. The third-order valence-electron chi connectivity index (χ3n) is 3.05. The highest BCUT2D eigenvalue weighted by Crippen LogP contribution is 2.21. The lowest BCUT2D eigenvalue weighted by atomic mass is 10.3. The number of hydrogen-bond donors (Lipinski definition) is 2. The second-order valence-corrected chi connectivity index (χ2v) is 6.26. The number of rotatable bonds is 6. The van der Waals surface area contributed by atoms with Gasteiger partial charge in [0.25, 0.3) is 0 Å². The molecule has 108 valence electrons. The molecule has 0 radical (unpaired) electrons. The number of nitrogens with one attached hydrogen (secondary N) is 2. The summed E-state index contributed by atoms with van der Waals surface area (Å²) >= 11 is 1.83. The molecular weight excluding hydrogens is 268 g/mol. The zero-order valence-electron chi connectivity index (χ0n) is 12.6. The molecule has 2 N–H and O–H groups in total. The molecule has 0 aliphatic rings. The molecule has 0 unspecified atom stereocenters. The van der Waals surface area contributed by atoms with Gasteiger partial charge in [0.15, 0.2) is 0 Å². The molecule has 0 saturated carbocycles. The van der Waals surface area contributed by atoms with Gasteiger partial charge in [-0.15, -0.1) is 11.3 Å². The summed E-state index contributed by atoms with van der Waals surface area (Å²) in [5, 5.41) is 6.68. The molecule has 2 aromatic heterocycles. The Morgan fingerprint density at radius 2 is 1.75 bits per heavy atom. The van der Waals surface area contributed by atoms with Crippen LogP contribution in [0, 0.1) is 20.8 Å². The zero-order valence-corrected chi connectivity index (χ0v) is 13.4. The minimum Gasteiger partial charge on any atom is -0.370 e. The fourth-order valence-electron chi connectivity index (χ4n) is 1.92. The molecule has 0 amide bonds. The molecule has 2 rings (SSSR count). The lowest BCUT2D eigenvalue weighted by molar-refractivity contribution is 0.952. The average molecular weight is 290 g/mol. The number of thiophene rings is 1. The van der Waals surface area contributed by atoms with Gasteiger partial charge in [-0.25, -0.2) is 9.97 Å². The first-order chi connectivity index (χ1) is 9.58. The average Bonchev–Trinajstić information content (AvgIpc) is 2.73. The van der Waals surface area contributed by atoms with E-state index in [1.54, 1.807) is 0 Å². The third-order valence-corrected chi connectivity index (χ3v) is 4.21. The van der Waals surface area contributed by atoms with Gasteiger partial charge in [0.1, 0.15) is 17.5 Å². The fourth-order valence-corrected chi connectivity index (χ4v) is 2.91. The molecule has 2 aromatic rings. The second-order valence-electron chi connectivity index (χ2n) is 4.92. The lowest BCUT2D eigenvalue weighted by Gasteiger charge is -2.09. The van der Waals surface area contributed by atoms with Crippen LogP contribution in [-0.2, 0) is 6.54 Å². The molecule has 5 heteroatoms. The Kier molecular flexibility index (Phi) is 4.95. The summed E-state index contributed by atoms with van der Waals surface area (Å²) in [5.74, 6) is 2.55. The van der Waals surface area contributed by atoms with Gasteiger partial charge in [-0.2, -0.15) is 0 Å². The van der Waals surface area contributed by atoms with Gasteiger partial charge in [0.2, 0.25) is 0 Å². The molecule has 4 nitrogen and oxygen atoms in total. The number of nitrogens with zero attached hydrogens (tertiary/aromatic N) is 2. The molecule has 2 heterocycles. The van der Waals surface area contributed by atoms with E-state index in [1.165, 1.54) is 15.3 Å². The van der Waals surface area contributed by atoms with Crippen molar-refractivity contribution in [1.29, 1.82) is 0 Å².